The molecule has 0 bridgehead atoms. The van der Waals surface area contributed by atoms with Gasteiger partial charge < -0.3 is 14.2 Å². The molecule has 60 heavy (non-hydrogen) atoms. The fraction of sp³-hybridized carbons (Fsp3) is 0.611. The van der Waals surface area contributed by atoms with E-state index in [-0.39, 0.29) is 37.5 Å². The first-order chi connectivity index (χ1) is 29.5. The summed E-state index contributed by atoms with van der Waals surface area (Å²) < 4.78 is 16.6. The minimum Gasteiger partial charge on any atom is -0.462 e. The van der Waals surface area contributed by atoms with Crippen LogP contribution in [0, 0.1) is 0 Å². The van der Waals surface area contributed by atoms with E-state index in [1.807, 2.05) is 0 Å². The van der Waals surface area contributed by atoms with Crippen LogP contribution in [0.15, 0.2) is 109 Å². The molecule has 0 amide bonds. The first-order valence-electron chi connectivity index (χ1n) is 23.9. The Hall–Kier alpha value is -3.93. The minimum atomic E-state index is -0.806. The van der Waals surface area contributed by atoms with Gasteiger partial charge in [0.15, 0.2) is 6.10 Å². The molecule has 0 aromatic rings. The van der Waals surface area contributed by atoms with Crippen LogP contribution < -0.4 is 0 Å². The molecule has 0 fully saturated rings. The van der Waals surface area contributed by atoms with Gasteiger partial charge in [-0.3, -0.25) is 14.4 Å². The van der Waals surface area contributed by atoms with E-state index in [9.17, 15) is 14.4 Å². The number of hydrogen-bond donors (Lipinski definition) is 0. The van der Waals surface area contributed by atoms with E-state index < -0.39 is 6.10 Å². The van der Waals surface area contributed by atoms with Crippen LogP contribution >= 0.6 is 0 Å². The van der Waals surface area contributed by atoms with E-state index >= 15 is 0 Å². The Morgan fingerprint density at radius 3 is 1.15 bits per heavy atom. The standard InChI is InChI=1S/C54H86O6/c1-4-7-10-13-16-18-20-22-23-24-25-26-27-28-29-30-31-33-34-36-38-41-44-47-53(56)59-50-51(49-58-52(55)46-43-40-15-12-9-6-3)60-54(57)48-45-42-39-37-35-32-21-19-17-14-11-8-5-2/h7,10-11,14,16,18-19,21-23,25-26,28-29,31,33,36,38,51H,4-6,8-9,12-13,15,17,20,24,27,30,32,34-35,37,39-50H2,1-3H3/b10-7-,14-11-,18-16-,21-19-,23-22-,26-25-,29-28-,33-31-,38-36-. The van der Waals surface area contributed by atoms with Gasteiger partial charge >= 0.3 is 17.9 Å². The summed E-state index contributed by atoms with van der Waals surface area (Å²) in [5.41, 5.74) is 0. The maximum Gasteiger partial charge on any atom is 0.306 e. The zero-order chi connectivity index (χ0) is 43.7. The van der Waals surface area contributed by atoms with Crippen LogP contribution in [0.25, 0.3) is 0 Å². The number of carbonyl (C=O) groups excluding carboxylic acids is 3. The van der Waals surface area contributed by atoms with Crippen molar-refractivity contribution in [3.05, 3.63) is 109 Å². The third kappa shape index (κ3) is 45.2. The molecule has 6 nitrogen and oxygen atoms in total. The van der Waals surface area contributed by atoms with Gasteiger partial charge in [-0.05, 0) is 96.3 Å². The van der Waals surface area contributed by atoms with E-state index in [1.54, 1.807) is 0 Å². The summed E-state index contributed by atoms with van der Waals surface area (Å²) in [7, 11) is 0. The van der Waals surface area contributed by atoms with E-state index in [2.05, 4.69) is 130 Å². The van der Waals surface area contributed by atoms with Crippen LogP contribution in [-0.2, 0) is 28.6 Å². The molecule has 0 radical (unpaired) electrons. The smallest absolute Gasteiger partial charge is 0.306 e. The van der Waals surface area contributed by atoms with Crippen molar-refractivity contribution in [1.82, 2.24) is 0 Å². The summed E-state index contributed by atoms with van der Waals surface area (Å²) in [5.74, 6) is -1.00. The van der Waals surface area contributed by atoms with Crippen molar-refractivity contribution >= 4 is 17.9 Å². The molecule has 0 aliphatic carbocycles. The highest BCUT2D eigenvalue weighted by Gasteiger charge is 2.19. The van der Waals surface area contributed by atoms with Crippen LogP contribution in [0.4, 0.5) is 0 Å². The highest BCUT2D eigenvalue weighted by Crippen LogP contribution is 2.12. The predicted octanol–water partition coefficient (Wildman–Crippen LogP) is 15.6. The number of hydrogen-bond acceptors (Lipinski definition) is 6. The second-order valence-electron chi connectivity index (χ2n) is 15.3. The van der Waals surface area contributed by atoms with E-state index in [0.29, 0.717) is 19.3 Å². The summed E-state index contributed by atoms with van der Waals surface area (Å²) in [5, 5.41) is 0. The Balaban J connectivity index is 4.37. The zero-order valence-corrected chi connectivity index (χ0v) is 38.4. The van der Waals surface area contributed by atoms with Crippen molar-refractivity contribution in [2.75, 3.05) is 13.2 Å². The summed E-state index contributed by atoms with van der Waals surface area (Å²) in [6.07, 6.45) is 63.9. The number of rotatable bonds is 41. The van der Waals surface area contributed by atoms with Gasteiger partial charge in [0.1, 0.15) is 13.2 Å². The summed E-state index contributed by atoms with van der Waals surface area (Å²) in [6.45, 7) is 6.30. The Morgan fingerprint density at radius 2 is 0.700 bits per heavy atom. The van der Waals surface area contributed by atoms with Crippen LogP contribution in [0.3, 0.4) is 0 Å². The van der Waals surface area contributed by atoms with Gasteiger partial charge in [-0.15, -0.1) is 0 Å². The SMILES string of the molecule is CC/C=C\C/C=C\C/C=C\C/C=C\C/C=C\C/C=C\C/C=C\CCCC(=O)OCC(COC(=O)CCCCCCCC)OC(=O)CCCCCCC/C=C\C/C=C\CCC. The average molecular weight is 831 g/mol. The molecule has 1 unspecified atom stereocenters. The molecule has 0 rings (SSSR count). The molecule has 6 heteroatoms. The van der Waals surface area contributed by atoms with Gasteiger partial charge in [0, 0.05) is 19.3 Å². The fourth-order valence-electron chi connectivity index (χ4n) is 5.94. The minimum absolute atomic E-state index is 0.104. The molecule has 0 aliphatic heterocycles. The van der Waals surface area contributed by atoms with E-state index in [1.165, 1.54) is 25.7 Å². The van der Waals surface area contributed by atoms with Crippen molar-refractivity contribution in [3.8, 4) is 0 Å². The molecule has 1 atom stereocenters. The predicted molar refractivity (Wildman–Crippen MR) is 256 cm³/mol. The number of allylic oxidation sites excluding steroid dienone is 18. The number of unbranched alkanes of at least 4 members (excludes halogenated alkanes) is 12. The molecule has 0 aliphatic rings. The molecule has 0 spiro atoms. The molecule has 0 aromatic carbocycles. The first-order valence-corrected chi connectivity index (χ1v) is 23.9. The number of carbonyl (C=O) groups is 3. The van der Waals surface area contributed by atoms with E-state index in [4.69, 9.17) is 14.2 Å². The molecule has 0 saturated heterocycles. The zero-order valence-electron chi connectivity index (χ0n) is 38.4. The van der Waals surface area contributed by atoms with Crippen LogP contribution in [0.2, 0.25) is 0 Å². The van der Waals surface area contributed by atoms with Crippen molar-refractivity contribution in [3.63, 3.8) is 0 Å². The maximum absolute atomic E-state index is 12.7. The van der Waals surface area contributed by atoms with Gasteiger partial charge in [0.05, 0.1) is 0 Å². The highest BCUT2D eigenvalue weighted by molar-refractivity contribution is 5.71. The molecule has 338 valence electrons. The molecular weight excluding hydrogens is 745 g/mol. The second kappa shape index (κ2) is 47.7. The average Bonchev–Trinajstić information content (AvgIpc) is 3.24. The quantitative estimate of drug-likeness (QED) is 0.0264. The van der Waals surface area contributed by atoms with Crippen molar-refractivity contribution in [1.29, 1.82) is 0 Å². The second-order valence-corrected chi connectivity index (χ2v) is 15.3. The molecule has 0 N–H and O–H groups in total. The van der Waals surface area contributed by atoms with Gasteiger partial charge in [0.25, 0.3) is 0 Å². The topological polar surface area (TPSA) is 78.9 Å². The summed E-state index contributed by atoms with van der Waals surface area (Å²) >= 11 is 0. The van der Waals surface area contributed by atoms with Crippen LogP contribution in [-0.4, -0.2) is 37.2 Å². The van der Waals surface area contributed by atoms with Crippen molar-refractivity contribution in [2.45, 2.75) is 200 Å². The van der Waals surface area contributed by atoms with Gasteiger partial charge in [0.2, 0.25) is 0 Å². The summed E-state index contributed by atoms with van der Waals surface area (Å²) in [4.78, 5) is 37.6. The van der Waals surface area contributed by atoms with Crippen molar-refractivity contribution in [2.24, 2.45) is 0 Å². The molecular formula is C54H86O6. The lowest BCUT2D eigenvalue weighted by Crippen LogP contribution is -2.30. The number of ether oxygens (including phenoxy) is 3. The van der Waals surface area contributed by atoms with Gasteiger partial charge in [-0.25, -0.2) is 0 Å². The Labute approximate surface area is 368 Å². The highest BCUT2D eigenvalue weighted by atomic mass is 16.6. The lowest BCUT2D eigenvalue weighted by Gasteiger charge is -2.18. The monoisotopic (exact) mass is 831 g/mol. The Morgan fingerprint density at radius 1 is 0.350 bits per heavy atom. The van der Waals surface area contributed by atoms with E-state index in [0.717, 1.165) is 122 Å². The first kappa shape index (κ1) is 56.1. The van der Waals surface area contributed by atoms with Crippen molar-refractivity contribution < 1.29 is 28.6 Å². The van der Waals surface area contributed by atoms with Gasteiger partial charge in [-0.1, -0.05) is 188 Å². The third-order valence-electron chi connectivity index (χ3n) is 9.49. The fourth-order valence-corrected chi connectivity index (χ4v) is 5.94. The largest absolute Gasteiger partial charge is 0.462 e. The van der Waals surface area contributed by atoms with Gasteiger partial charge in [-0.2, -0.15) is 0 Å². The maximum atomic E-state index is 12.7. The lowest BCUT2D eigenvalue weighted by molar-refractivity contribution is -0.167. The molecule has 0 aromatic heterocycles. The van der Waals surface area contributed by atoms with Crippen LogP contribution in [0.1, 0.15) is 194 Å². The molecule has 0 saturated carbocycles. The summed E-state index contributed by atoms with van der Waals surface area (Å²) in [6, 6.07) is 0. The lowest BCUT2D eigenvalue weighted by atomic mass is 10.1. The number of esters is 3. The third-order valence-corrected chi connectivity index (χ3v) is 9.49. The molecule has 0 heterocycles. The Bertz CT molecular complexity index is 1280. The Kier molecular flexibility index (Phi) is 44.6. The van der Waals surface area contributed by atoms with Crippen LogP contribution in [0.5, 0.6) is 0 Å². The normalized spacial score (nSPS) is 13.1.